The molecule has 0 fully saturated rings. The second-order valence-corrected chi connectivity index (χ2v) is 5.09. The van der Waals surface area contributed by atoms with Gasteiger partial charge in [0.1, 0.15) is 0 Å². The molecule has 19 heavy (non-hydrogen) atoms. The van der Waals surface area contributed by atoms with Crippen LogP contribution in [0, 0.1) is 0 Å². The Morgan fingerprint density at radius 3 is 2.37 bits per heavy atom. The van der Waals surface area contributed by atoms with E-state index in [9.17, 15) is 18.0 Å². The second-order valence-electron chi connectivity index (χ2n) is 5.09. The molecule has 0 saturated heterocycles. The molecule has 5 heteroatoms. The molecule has 1 aliphatic rings. The number of fused-ring (bicyclic) bond motifs is 1. The Morgan fingerprint density at radius 1 is 1.26 bits per heavy atom. The summed E-state index contributed by atoms with van der Waals surface area (Å²) in [5.41, 5.74) is 1.48. The first-order valence-electron chi connectivity index (χ1n) is 5.82. The molecular formula is C14H14F3NO. The van der Waals surface area contributed by atoms with Crippen LogP contribution >= 0.6 is 0 Å². The Kier molecular flexibility index (Phi) is 2.96. The summed E-state index contributed by atoms with van der Waals surface area (Å²) in [6.45, 7) is 3.62. The lowest BCUT2D eigenvalue weighted by Gasteiger charge is -2.24. The molecule has 0 aromatic heterocycles. The number of alkyl halides is 3. The van der Waals surface area contributed by atoms with Crippen LogP contribution in [0.5, 0.6) is 0 Å². The Balaban J connectivity index is 2.51. The zero-order valence-corrected chi connectivity index (χ0v) is 10.9. The predicted molar refractivity (Wildman–Crippen MR) is 67.0 cm³/mol. The number of ketones is 1. The minimum atomic E-state index is -4.83. The Bertz CT molecular complexity index is 558. The zero-order chi connectivity index (χ0) is 14.4. The maximum atomic E-state index is 12.4. The summed E-state index contributed by atoms with van der Waals surface area (Å²) in [4.78, 5) is 12.8. The third-order valence-electron chi connectivity index (χ3n) is 3.49. The summed E-state index contributed by atoms with van der Waals surface area (Å²) >= 11 is 0. The summed E-state index contributed by atoms with van der Waals surface area (Å²) < 4.78 is 37.2. The van der Waals surface area contributed by atoms with Gasteiger partial charge in [-0.05, 0) is 11.6 Å². The number of nitrogens with zero attached hydrogens (tertiary/aromatic N) is 1. The van der Waals surface area contributed by atoms with Gasteiger partial charge in [0.25, 0.3) is 5.78 Å². The molecule has 0 spiro atoms. The monoisotopic (exact) mass is 269 g/mol. The lowest BCUT2D eigenvalue weighted by molar-refractivity contribution is -0.165. The number of likely N-dealkylation sites (N-methyl/N-ethyl adjacent to an activating group) is 1. The van der Waals surface area contributed by atoms with Crippen molar-refractivity contribution in [1.29, 1.82) is 0 Å². The molecule has 2 rings (SSSR count). The smallest absolute Gasteiger partial charge is 0.347 e. The number of rotatable bonds is 1. The van der Waals surface area contributed by atoms with Crippen molar-refractivity contribution in [3.8, 4) is 0 Å². The summed E-state index contributed by atoms with van der Waals surface area (Å²) in [5, 5.41) is 0. The largest absolute Gasteiger partial charge is 0.454 e. The molecule has 0 amide bonds. The molecule has 0 atom stereocenters. The van der Waals surface area contributed by atoms with E-state index >= 15 is 0 Å². The number of hydrogen-bond acceptors (Lipinski definition) is 2. The van der Waals surface area contributed by atoms with Crippen molar-refractivity contribution in [3.05, 3.63) is 41.6 Å². The minimum Gasteiger partial charge on any atom is -0.347 e. The first-order chi connectivity index (χ1) is 8.65. The quantitative estimate of drug-likeness (QED) is 0.728. The second kappa shape index (κ2) is 4.11. The van der Waals surface area contributed by atoms with Gasteiger partial charge in [-0.25, -0.2) is 0 Å². The van der Waals surface area contributed by atoms with Crippen molar-refractivity contribution < 1.29 is 18.0 Å². The van der Waals surface area contributed by atoms with Crippen molar-refractivity contribution in [2.75, 3.05) is 11.9 Å². The average Bonchev–Trinajstić information content (AvgIpc) is 2.50. The third-order valence-corrected chi connectivity index (χ3v) is 3.49. The highest BCUT2D eigenvalue weighted by Gasteiger charge is 2.42. The van der Waals surface area contributed by atoms with Crippen LogP contribution in [-0.4, -0.2) is 19.0 Å². The standard InChI is InChI=1S/C14H14F3NO/c1-13(2)9-6-4-5-7-10(9)18(3)11(13)8-12(19)14(15,16)17/h4-8H,1-3H3. The van der Waals surface area contributed by atoms with E-state index in [0.717, 1.165) is 11.3 Å². The van der Waals surface area contributed by atoms with E-state index in [1.54, 1.807) is 11.9 Å². The fourth-order valence-corrected chi connectivity index (χ4v) is 2.46. The van der Waals surface area contributed by atoms with E-state index < -0.39 is 17.4 Å². The summed E-state index contributed by atoms with van der Waals surface area (Å²) in [7, 11) is 1.67. The molecule has 1 aromatic carbocycles. The number of para-hydroxylation sites is 1. The van der Waals surface area contributed by atoms with Gasteiger partial charge < -0.3 is 4.90 Å². The van der Waals surface area contributed by atoms with Crippen LogP contribution in [0.15, 0.2) is 36.0 Å². The van der Waals surface area contributed by atoms with Gasteiger partial charge in [0.2, 0.25) is 0 Å². The molecule has 1 aromatic rings. The fourth-order valence-electron chi connectivity index (χ4n) is 2.46. The highest BCUT2D eigenvalue weighted by molar-refractivity contribution is 5.96. The Labute approximate surface area is 109 Å². The number of carbonyl (C=O) groups excluding carboxylic acids is 1. The van der Waals surface area contributed by atoms with Crippen LogP contribution in [0.1, 0.15) is 19.4 Å². The SMILES string of the molecule is CN1C(=CC(=O)C(F)(F)F)C(C)(C)c2ccccc21. The number of carbonyl (C=O) groups is 1. The van der Waals surface area contributed by atoms with Crippen molar-refractivity contribution in [2.45, 2.75) is 25.4 Å². The molecule has 0 N–H and O–H groups in total. The van der Waals surface area contributed by atoms with E-state index in [2.05, 4.69) is 0 Å². The van der Waals surface area contributed by atoms with Crippen LogP contribution in [0.4, 0.5) is 18.9 Å². The van der Waals surface area contributed by atoms with Crippen LogP contribution in [0.2, 0.25) is 0 Å². The molecule has 1 aliphatic heterocycles. The van der Waals surface area contributed by atoms with Crippen molar-refractivity contribution in [1.82, 2.24) is 0 Å². The lowest BCUT2D eigenvalue weighted by atomic mass is 9.83. The normalized spacial score (nSPS) is 19.7. The van der Waals surface area contributed by atoms with E-state index in [0.29, 0.717) is 11.8 Å². The zero-order valence-electron chi connectivity index (χ0n) is 10.9. The highest BCUT2D eigenvalue weighted by Crippen LogP contribution is 2.46. The van der Waals surface area contributed by atoms with E-state index in [-0.39, 0.29) is 0 Å². The molecular weight excluding hydrogens is 255 g/mol. The van der Waals surface area contributed by atoms with Crippen LogP contribution in [0.25, 0.3) is 0 Å². The van der Waals surface area contributed by atoms with Gasteiger partial charge in [0.15, 0.2) is 0 Å². The van der Waals surface area contributed by atoms with Crippen LogP contribution in [0.3, 0.4) is 0 Å². The summed E-state index contributed by atoms with van der Waals surface area (Å²) in [5.74, 6) is -1.82. The number of anilines is 1. The number of halogens is 3. The molecule has 0 saturated carbocycles. The first-order valence-corrected chi connectivity index (χ1v) is 5.82. The summed E-state index contributed by atoms with van der Waals surface area (Å²) in [6.07, 6.45) is -4.14. The van der Waals surface area contributed by atoms with Crippen molar-refractivity contribution in [2.24, 2.45) is 0 Å². The first kappa shape index (κ1) is 13.6. The van der Waals surface area contributed by atoms with Gasteiger partial charge in [-0.3, -0.25) is 4.79 Å². The molecule has 2 nitrogen and oxygen atoms in total. The number of hydrogen-bond donors (Lipinski definition) is 0. The minimum absolute atomic E-state index is 0.357. The van der Waals surface area contributed by atoms with Gasteiger partial charge in [0, 0.05) is 29.9 Å². The fraction of sp³-hybridized carbons (Fsp3) is 0.357. The van der Waals surface area contributed by atoms with E-state index in [1.807, 2.05) is 38.1 Å². The third kappa shape index (κ3) is 2.13. The van der Waals surface area contributed by atoms with Crippen LogP contribution in [-0.2, 0) is 10.2 Å². The van der Waals surface area contributed by atoms with Gasteiger partial charge in [-0.1, -0.05) is 32.0 Å². The van der Waals surface area contributed by atoms with Crippen molar-refractivity contribution >= 4 is 11.5 Å². The number of benzene rings is 1. The van der Waals surface area contributed by atoms with Gasteiger partial charge in [-0.15, -0.1) is 0 Å². The van der Waals surface area contributed by atoms with Crippen LogP contribution < -0.4 is 4.90 Å². The maximum Gasteiger partial charge on any atom is 0.454 e. The predicted octanol–water partition coefficient (Wildman–Crippen LogP) is 3.43. The maximum absolute atomic E-state index is 12.4. The van der Waals surface area contributed by atoms with Gasteiger partial charge in [0.05, 0.1) is 0 Å². The Hall–Kier alpha value is -1.78. The lowest BCUT2D eigenvalue weighted by Crippen LogP contribution is -2.28. The van der Waals surface area contributed by atoms with E-state index in [1.165, 1.54) is 0 Å². The van der Waals surface area contributed by atoms with Crippen molar-refractivity contribution in [3.63, 3.8) is 0 Å². The molecule has 0 unspecified atom stereocenters. The van der Waals surface area contributed by atoms with E-state index in [4.69, 9.17) is 0 Å². The molecule has 102 valence electrons. The highest BCUT2D eigenvalue weighted by atomic mass is 19.4. The number of allylic oxidation sites excluding steroid dienone is 2. The Morgan fingerprint density at radius 2 is 1.84 bits per heavy atom. The molecule has 0 aliphatic carbocycles. The molecule has 1 heterocycles. The molecule has 0 radical (unpaired) electrons. The molecule has 0 bridgehead atoms. The average molecular weight is 269 g/mol. The van der Waals surface area contributed by atoms with Gasteiger partial charge >= 0.3 is 6.18 Å². The van der Waals surface area contributed by atoms with Gasteiger partial charge in [-0.2, -0.15) is 13.2 Å². The topological polar surface area (TPSA) is 20.3 Å². The summed E-state index contributed by atoms with van der Waals surface area (Å²) in [6, 6.07) is 7.35.